The van der Waals surface area contributed by atoms with Crippen LogP contribution in [0.15, 0.2) is 48.5 Å². The van der Waals surface area contributed by atoms with Gasteiger partial charge in [-0.15, -0.1) is 0 Å². The number of carbonyl (C=O) groups excluding carboxylic acids is 2. The SMILES string of the molecule is CCOc1ccccc1NC(=O)COC(=O)CCCOc1ccc(OC)cc1. The highest BCUT2D eigenvalue weighted by atomic mass is 16.5. The lowest BCUT2D eigenvalue weighted by Gasteiger charge is -2.11. The molecule has 28 heavy (non-hydrogen) atoms. The number of anilines is 1. The fourth-order valence-electron chi connectivity index (χ4n) is 2.33. The van der Waals surface area contributed by atoms with E-state index >= 15 is 0 Å². The van der Waals surface area contributed by atoms with E-state index in [4.69, 9.17) is 18.9 Å². The van der Waals surface area contributed by atoms with E-state index < -0.39 is 11.9 Å². The molecule has 0 radical (unpaired) electrons. The molecule has 0 spiro atoms. The predicted molar refractivity (Wildman–Crippen MR) is 105 cm³/mol. The van der Waals surface area contributed by atoms with Gasteiger partial charge in [0.2, 0.25) is 0 Å². The quantitative estimate of drug-likeness (QED) is 0.470. The lowest BCUT2D eigenvalue weighted by molar-refractivity contribution is -0.147. The van der Waals surface area contributed by atoms with Crippen molar-refractivity contribution in [1.29, 1.82) is 0 Å². The van der Waals surface area contributed by atoms with E-state index in [1.807, 2.05) is 13.0 Å². The van der Waals surface area contributed by atoms with Crippen molar-refractivity contribution in [3.05, 3.63) is 48.5 Å². The van der Waals surface area contributed by atoms with Crippen molar-refractivity contribution < 1.29 is 28.5 Å². The Morgan fingerprint density at radius 3 is 2.39 bits per heavy atom. The normalized spacial score (nSPS) is 10.1. The number of esters is 1. The number of amides is 1. The monoisotopic (exact) mass is 387 g/mol. The van der Waals surface area contributed by atoms with Gasteiger partial charge in [-0.2, -0.15) is 0 Å². The van der Waals surface area contributed by atoms with Crippen molar-refractivity contribution in [1.82, 2.24) is 0 Å². The summed E-state index contributed by atoms with van der Waals surface area (Å²) in [6, 6.07) is 14.3. The minimum atomic E-state index is -0.452. The number of ether oxygens (including phenoxy) is 4. The van der Waals surface area contributed by atoms with E-state index in [9.17, 15) is 9.59 Å². The smallest absolute Gasteiger partial charge is 0.306 e. The van der Waals surface area contributed by atoms with E-state index in [2.05, 4.69) is 5.32 Å². The van der Waals surface area contributed by atoms with Gasteiger partial charge in [0.1, 0.15) is 17.2 Å². The predicted octanol–water partition coefficient (Wildman–Crippen LogP) is 3.43. The van der Waals surface area contributed by atoms with Crippen LogP contribution in [0.25, 0.3) is 0 Å². The van der Waals surface area contributed by atoms with Crippen molar-refractivity contribution in [2.75, 3.05) is 32.2 Å². The molecule has 150 valence electrons. The van der Waals surface area contributed by atoms with Gasteiger partial charge in [-0.1, -0.05) is 12.1 Å². The highest BCUT2D eigenvalue weighted by molar-refractivity contribution is 5.94. The molecule has 7 nitrogen and oxygen atoms in total. The molecule has 0 aliphatic heterocycles. The average molecular weight is 387 g/mol. The molecule has 2 aromatic rings. The molecule has 1 amide bonds. The molecule has 1 N–H and O–H groups in total. The van der Waals surface area contributed by atoms with Crippen molar-refractivity contribution in [2.45, 2.75) is 19.8 Å². The van der Waals surface area contributed by atoms with Gasteiger partial charge in [0.05, 0.1) is 26.0 Å². The van der Waals surface area contributed by atoms with Gasteiger partial charge in [0.25, 0.3) is 5.91 Å². The van der Waals surface area contributed by atoms with Crippen LogP contribution in [-0.2, 0) is 14.3 Å². The van der Waals surface area contributed by atoms with E-state index in [0.29, 0.717) is 36.8 Å². The first-order valence-corrected chi connectivity index (χ1v) is 9.06. The number of para-hydroxylation sites is 2. The fourth-order valence-corrected chi connectivity index (χ4v) is 2.33. The Hall–Kier alpha value is -3.22. The molecular weight excluding hydrogens is 362 g/mol. The minimum Gasteiger partial charge on any atom is -0.497 e. The first-order valence-electron chi connectivity index (χ1n) is 9.06. The summed E-state index contributed by atoms with van der Waals surface area (Å²) in [6.07, 6.45) is 0.651. The van der Waals surface area contributed by atoms with Crippen LogP contribution < -0.4 is 19.5 Å². The standard InChI is InChI=1S/C21H25NO6/c1-3-26-19-8-5-4-7-18(19)22-20(23)15-28-21(24)9-6-14-27-17-12-10-16(25-2)11-13-17/h4-5,7-8,10-13H,3,6,9,14-15H2,1-2H3,(H,22,23). The van der Waals surface area contributed by atoms with Crippen molar-refractivity contribution in [3.63, 3.8) is 0 Å². The number of hydrogen-bond donors (Lipinski definition) is 1. The summed E-state index contributed by atoms with van der Waals surface area (Å²) in [5, 5.41) is 2.67. The van der Waals surface area contributed by atoms with Gasteiger partial charge in [-0.3, -0.25) is 9.59 Å². The zero-order valence-electron chi connectivity index (χ0n) is 16.1. The second-order valence-electron chi connectivity index (χ2n) is 5.77. The van der Waals surface area contributed by atoms with E-state index in [1.54, 1.807) is 49.6 Å². The number of benzene rings is 2. The molecule has 0 atom stereocenters. The summed E-state index contributed by atoms with van der Waals surface area (Å²) in [5.41, 5.74) is 0.540. The third-order valence-corrected chi connectivity index (χ3v) is 3.68. The fraction of sp³-hybridized carbons (Fsp3) is 0.333. The number of hydrogen-bond acceptors (Lipinski definition) is 6. The van der Waals surface area contributed by atoms with Crippen molar-refractivity contribution in [2.24, 2.45) is 0 Å². The van der Waals surface area contributed by atoms with Gasteiger partial charge in [0, 0.05) is 6.42 Å². The topological polar surface area (TPSA) is 83.1 Å². The van der Waals surface area contributed by atoms with Crippen LogP contribution in [0.1, 0.15) is 19.8 Å². The zero-order chi connectivity index (χ0) is 20.2. The van der Waals surface area contributed by atoms with E-state index in [0.717, 1.165) is 5.75 Å². The van der Waals surface area contributed by atoms with Crippen LogP contribution in [0.2, 0.25) is 0 Å². The third-order valence-electron chi connectivity index (χ3n) is 3.68. The highest BCUT2D eigenvalue weighted by Crippen LogP contribution is 2.23. The summed E-state index contributed by atoms with van der Waals surface area (Å²) in [7, 11) is 1.60. The first kappa shape index (κ1) is 21.1. The van der Waals surface area contributed by atoms with Crippen molar-refractivity contribution in [3.8, 4) is 17.2 Å². The summed E-state index contributed by atoms with van der Waals surface area (Å²) < 4.78 is 21.0. The van der Waals surface area contributed by atoms with Gasteiger partial charge in [0.15, 0.2) is 6.61 Å². The molecule has 0 saturated heterocycles. The van der Waals surface area contributed by atoms with Gasteiger partial charge in [-0.05, 0) is 49.7 Å². The lowest BCUT2D eigenvalue weighted by Crippen LogP contribution is -2.21. The van der Waals surface area contributed by atoms with Gasteiger partial charge in [-0.25, -0.2) is 0 Å². The largest absolute Gasteiger partial charge is 0.497 e. The maximum absolute atomic E-state index is 12.0. The zero-order valence-corrected chi connectivity index (χ0v) is 16.1. The Morgan fingerprint density at radius 2 is 1.68 bits per heavy atom. The summed E-state index contributed by atoms with van der Waals surface area (Å²) in [4.78, 5) is 23.7. The number of rotatable bonds is 11. The summed E-state index contributed by atoms with van der Waals surface area (Å²) in [6.45, 7) is 2.37. The van der Waals surface area contributed by atoms with Crippen LogP contribution >= 0.6 is 0 Å². The molecule has 2 aromatic carbocycles. The Balaban J connectivity index is 1.64. The molecule has 0 heterocycles. The van der Waals surface area contributed by atoms with Crippen LogP contribution in [-0.4, -0.2) is 38.8 Å². The van der Waals surface area contributed by atoms with Gasteiger partial charge >= 0.3 is 5.97 Å². The molecule has 2 rings (SSSR count). The number of methoxy groups -OCH3 is 1. The Morgan fingerprint density at radius 1 is 0.964 bits per heavy atom. The molecule has 0 fully saturated rings. The molecule has 0 aliphatic carbocycles. The van der Waals surface area contributed by atoms with Crippen LogP contribution in [0.3, 0.4) is 0 Å². The average Bonchev–Trinajstić information content (AvgIpc) is 2.72. The molecule has 0 unspecified atom stereocenters. The highest BCUT2D eigenvalue weighted by Gasteiger charge is 2.10. The molecule has 0 bridgehead atoms. The Bertz CT molecular complexity index is 760. The molecule has 0 aliphatic rings. The Kier molecular flexibility index (Phi) is 8.65. The number of nitrogens with one attached hydrogen (secondary N) is 1. The summed E-state index contributed by atoms with van der Waals surface area (Å²) in [5.74, 6) is 1.14. The second kappa shape index (κ2) is 11.5. The van der Waals surface area contributed by atoms with Crippen LogP contribution in [0.4, 0.5) is 5.69 Å². The molecule has 0 saturated carbocycles. The van der Waals surface area contributed by atoms with Crippen LogP contribution in [0.5, 0.6) is 17.2 Å². The summed E-state index contributed by atoms with van der Waals surface area (Å²) >= 11 is 0. The van der Waals surface area contributed by atoms with E-state index in [-0.39, 0.29) is 13.0 Å². The third kappa shape index (κ3) is 7.19. The molecule has 7 heteroatoms. The molecular formula is C21H25NO6. The van der Waals surface area contributed by atoms with Gasteiger partial charge < -0.3 is 24.3 Å². The van der Waals surface area contributed by atoms with E-state index in [1.165, 1.54) is 0 Å². The molecule has 0 aromatic heterocycles. The van der Waals surface area contributed by atoms with Crippen molar-refractivity contribution >= 4 is 17.6 Å². The Labute approximate surface area is 164 Å². The lowest BCUT2D eigenvalue weighted by atomic mass is 10.3. The van der Waals surface area contributed by atoms with Crippen LogP contribution in [0, 0.1) is 0 Å². The first-order chi connectivity index (χ1) is 13.6. The maximum atomic E-state index is 12.0. The maximum Gasteiger partial charge on any atom is 0.306 e. The minimum absolute atomic E-state index is 0.166. The second-order valence-corrected chi connectivity index (χ2v) is 5.77. The number of carbonyl (C=O) groups is 2.